The topological polar surface area (TPSA) is 90.4 Å². The summed E-state index contributed by atoms with van der Waals surface area (Å²) in [5, 5.41) is 2.71. The molecule has 1 amide bonds. The van der Waals surface area contributed by atoms with Crippen molar-refractivity contribution >= 4 is 11.6 Å². The first kappa shape index (κ1) is 13.9. The number of nitrogens with one attached hydrogen (secondary N) is 1. The predicted octanol–water partition coefficient (Wildman–Crippen LogP) is 1.76. The van der Waals surface area contributed by atoms with Crippen LogP contribution in [0.5, 0.6) is 5.75 Å². The van der Waals surface area contributed by atoms with E-state index in [2.05, 4.69) is 10.3 Å². The third-order valence-electron chi connectivity index (χ3n) is 2.85. The van der Waals surface area contributed by atoms with Crippen LogP contribution >= 0.6 is 0 Å². The molecule has 0 radical (unpaired) electrons. The number of hydrogen-bond acceptors (Lipinski definition) is 5. The molecule has 1 aromatic heterocycles. The van der Waals surface area contributed by atoms with Gasteiger partial charge in [-0.1, -0.05) is 6.92 Å². The lowest BCUT2D eigenvalue weighted by molar-refractivity contribution is 0.0948. The smallest absolute Gasteiger partial charge is 0.253 e. The molecule has 0 fully saturated rings. The van der Waals surface area contributed by atoms with Crippen molar-refractivity contribution in [2.45, 2.75) is 19.9 Å². The molecule has 106 valence electrons. The number of anilines is 1. The number of benzene rings is 1. The zero-order chi connectivity index (χ0) is 14.5. The number of amides is 1. The number of aryl methyl sites for hydroxylation is 1. The first-order chi connectivity index (χ1) is 9.63. The largest absolute Gasteiger partial charge is 0.497 e. The lowest BCUT2D eigenvalue weighted by Gasteiger charge is -2.07. The number of rotatable bonds is 5. The summed E-state index contributed by atoms with van der Waals surface area (Å²) in [5.74, 6) is 1.60. The number of nitrogens with zero attached hydrogens (tertiary/aromatic N) is 1. The van der Waals surface area contributed by atoms with Crippen molar-refractivity contribution in [1.29, 1.82) is 0 Å². The molecule has 6 heteroatoms. The maximum absolute atomic E-state index is 12.0. The molecule has 1 heterocycles. The van der Waals surface area contributed by atoms with Gasteiger partial charge in [0, 0.05) is 18.2 Å². The second kappa shape index (κ2) is 6.10. The highest BCUT2D eigenvalue weighted by Gasteiger charge is 2.11. The fourth-order valence-corrected chi connectivity index (χ4v) is 1.72. The molecule has 0 aliphatic heterocycles. The van der Waals surface area contributed by atoms with Gasteiger partial charge in [0.15, 0.2) is 0 Å². The van der Waals surface area contributed by atoms with Crippen molar-refractivity contribution in [1.82, 2.24) is 10.3 Å². The zero-order valence-corrected chi connectivity index (χ0v) is 11.5. The highest BCUT2D eigenvalue weighted by molar-refractivity contribution is 5.99. The summed E-state index contributed by atoms with van der Waals surface area (Å²) in [6.07, 6.45) is 2.43. The van der Waals surface area contributed by atoms with Crippen LogP contribution in [0.2, 0.25) is 0 Å². The minimum Gasteiger partial charge on any atom is -0.497 e. The van der Waals surface area contributed by atoms with E-state index in [1.54, 1.807) is 31.5 Å². The molecule has 0 bridgehead atoms. The van der Waals surface area contributed by atoms with Gasteiger partial charge in [-0.05, 0) is 12.1 Å². The summed E-state index contributed by atoms with van der Waals surface area (Å²) >= 11 is 0. The van der Waals surface area contributed by atoms with Crippen LogP contribution in [0.15, 0.2) is 28.8 Å². The van der Waals surface area contributed by atoms with E-state index in [9.17, 15) is 4.79 Å². The van der Waals surface area contributed by atoms with Crippen LogP contribution in [0.1, 0.15) is 28.9 Å². The molecule has 3 N–H and O–H groups in total. The number of methoxy groups -OCH3 is 1. The number of oxazole rings is 1. The van der Waals surface area contributed by atoms with E-state index in [0.29, 0.717) is 22.9 Å². The first-order valence-electron chi connectivity index (χ1n) is 6.29. The van der Waals surface area contributed by atoms with Gasteiger partial charge in [-0.25, -0.2) is 4.98 Å². The van der Waals surface area contributed by atoms with Crippen LogP contribution in [0, 0.1) is 0 Å². The van der Waals surface area contributed by atoms with Crippen LogP contribution in [0.4, 0.5) is 5.69 Å². The minimum atomic E-state index is -0.276. The molecule has 0 unspecified atom stereocenters. The van der Waals surface area contributed by atoms with Gasteiger partial charge in [-0.2, -0.15) is 0 Å². The quantitative estimate of drug-likeness (QED) is 0.811. The Morgan fingerprint density at radius 1 is 1.50 bits per heavy atom. The van der Waals surface area contributed by atoms with Gasteiger partial charge in [0.05, 0.1) is 25.4 Å². The van der Waals surface area contributed by atoms with E-state index in [4.69, 9.17) is 14.9 Å². The van der Waals surface area contributed by atoms with Crippen LogP contribution in [0.25, 0.3) is 0 Å². The van der Waals surface area contributed by atoms with Crippen LogP contribution < -0.4 is 15.8 Å². The number of hydrogen-bond donors (Lipinski definition) is 2. The molecule has 0 aliphatic rings. The third kappa shape index (κ3) is 3.09. The number of nitrogens with two attached hydrogens (primary N) is 1. The molecule has 1 aromatic carbocycles. The lowest BCUT2D eigenvalue weighted by Crippen LogP contribution is -2.23. The predicted molar refractivity (Wildman–Crippen MR) is 74.5 cm³/mol. The number of carbonyl (C=O) groups is 1. The van der Waals surface area contributed by atoms with Crippen molar-refractivity contribution in [2.75, 3.05) is 12.8 Å². The Morgan fingerprint density at radius 3 is 2.90 bits per heavy atom. The monoisotopic (exact) mass is 275 g/mol. The van der Waals surface area contributed by atoms with E-state index >= 15 is 0 Å². The fourth-order valence-electron chi connectivity index (χ4n) is 1.72. The van der Waals surface area contributed by atoms with E-state index in [1.165, 1.54) is 0 Å². The highest BCUT2D eigenvalue weighted by atomic mass is 16.5. The molecular weight excluding hydrogens is 258 g/mol. The molecule has 0 atom stereocenters. The van der Waals surface area contributed by atoms with E-state index in [0.717, 1.165) is 12.2 Å². The molecule has 2 aromatic rings. The van der Waals surface area contributed by atoms with E-state index in [1.807, 2.05) is 6.92 Å². The molecule has 0 aliphatic carbocycles. The molecule has 2 rings (SSSR count). The molecule has 0 spiro atoms. The van der Waals surface area contributed by atoms with E-state index in [-0.39, 0.29) is 12.5 Å². The summed E-state index contributed by atoms with van der Waals surface area (Å²) in [6, 6.07) is 4.91. The van der Waals surface area contributed by atoms with Gasteiger partial charge in [0.25, 0.3) is 5.91 Å². The molecule has 20 heavy (non-hydrogen) atoms. The molecule has 6 nitrogen and oxygen atoms in total. The molecular formula is C14H17N3O3. The average Bonchev–Trinajstić information content (AvgIpc) is 2.92. The van der Waals surface area contributed by atoms with Gasteiger partial charge in [-0.3, -0.25) is 4.79 Å². The maximum atomic E-state index is 12.0. The second-order valence-corrected chi connectivity index (χ2v) is 4.21. The van der Waals surface area contributed by atoms with Crippen molar-refractivity contribution in [2.24, 2.45) is 0 Å². The van der Waals surface area contributed by atoms with Gasteiger partial charge < -0.3 is 20.2 Å². The standard InChI is InChI=1S/C14H17N3O3/c1-3-9-7-16-13(20-9)8-17-14(18)11-5-4-10(19-2)6-12(11)15/h4-7H,3,8,15H2,1-2H3,(H,17,18). The summed E-state index contributed by atoms with van der Waals surface area (Å²) in [7, 11) is 1.54. The minimum absolute atomic E-state index is 0.226. The number of nitrogen functional groups attached to an aromatic ring is 1. The van der Waals surface area contributed by atoms with E-state index < -0.39 is 0 Å². The van der Waals surface area contributed by atoms with Crippen molar-refractivity contribution < 1.29 is 13.9 Å². The van der Waals surface area contributed by atoms with Crippen LogP contribution in [-0.2, 0) is 13.0 Å². The normalized spacial score (nSPS) is 10.3. The fraction of sp³-hybridized carbons (Fsp3) is 0.286. The van der Waals surface area contributed by atoms with Gasteiger partial charge in [0.2, 0.25) is 5.89 Å². The van der Waals surface area contributed by atoms with Crippen LogP contribution in [-0.4, -0.2) is 18.0 Å². The highest BCUT2D eigenvalue weighted by Crippen LogP contribution is 2.19. The summed E-state index contributed by atoms with van der Waals surface area (Å²) < 4.78 is 10.4. The number of ether oxygens (including phenoxy) is 1. The molecule has 0 saturated carbocycles. The molecule has 0 saturated heterocycles. The third-order valence-corrected chi connectivity index (χ3v) is 2.85. The van der Waals surface area contributed by atoms with Crippen LogP contribution in [0.3, 0.4) is 0 Å². The average molecular weight is 275 g/mol. The number of carbonyl (C=O) groups excluding carboxylic acids is 1. The van der Waals surface area contributed by atoms with Gasteiger partial charge >= 0.3 is 0 Å². The van der Waals surface area contributed by atoms with Crippen molar-refractivity contribution in [3.63, 3.8) is 0 Å². The Hall–Kier alpha value is -2.50. The SMILES string of the molecule is CCc1cnc(CNC(=O)c2ccc(OC)cc2N)o1. The van der Waals surface area contributed by atoms with Gasteiger partial charge in [-0.15, -0.1) is 0 Å². The Kier molecular flexibility index (Phi) is 4.24. The maximum Gasteiger partial charge on any atom is 0.253 e. The Balaban J connectivity index is 2.01. The van der Waals surface area contributed by atoms with Crippen molar-refractivity contribution in [3.8, 4) is 5.75 Å². The Bertz CT molecular complexity index is 607. The van der Waals surface area contributed by atoms with Crippen molar-refractivity contribution in [3.05, 3.63) is 41.6 Å². The zero-order valence-electron chi connectivity index (χ0n) is 11.5. The summed E-state index contributed by atoms with van der Waals surface area (Å²) in [4.78, 5) is 16.1. The first-order valence-corrected chi connectivity index (χ1v) is 6.29. The summed E-state index contributed by atoms with van der Waals surface area (Å²) in [6.45, 7) is 2.20. The lowest BCUT2D eigenvalue weighted by atomic mass is 10.1. The Morgan fingerprint density at radius 2 is 2.30 bits per heavy atom. The van der Waals surface area contributed by atoms with Gasteiger partial charge in [0.1, 0.15) is 11.5 Å². The Labute approximate surface area is 116 Å². The second-order valence-electron chi connectivity index (χ2n) is 4.21. The summed E-state index contributed by atoms with van der Waals surface area (Å²) in [5.41, 5.74) is 6.57. The number of aromatic nitrogens is 1.